The monoisotopic (exact) mass is 214 g/mol. The second kappa shape index (κ2) is 5.64. The SMILES string of the molecule is CC(C)CNC(=O)CSc1ncn[nH]1. The zero-order valence-corrected chi connectivity index (χ0v) is 9.10. The quantitative estimate of drug-likeness (QED) is 0.707. The molecule has 0 spiro atoms. The van der Waals surface area contributed by atoms with Crippen molar-refractivity contribution in [3.63, 3.8) is 0 Å². The van der Waals surface area contributed by atoms with Crippen molar-refractivity contribution >= 4 is 17.7 Å². The van der Waals surface area contributed by atoms with Gasteiger partial charge in [0.05, 0.1) is 5.75 Å². The van der Waals surface area contributed by atoms with E-state index in [-0.39, 0.29) is 5.91 Å². The van der Waals surface area contributed by atoms with Gasteiger partial charge in [0.1, 0.15) is 6.33 Å². The molecule has 1 aromatic heterocycles. The summed E-state index contributed by atoms with van der Waals surface area (Å²) in [5, 5.41) is 9.86. The Morgan fingerprint density at radius 1 is 1.71 bits per heavy atom. The molecule has 2 N–H and O–H groups in total. The van der Waals surface area contributed by atoms with Gasteiger partial charge in [-0.05, 0) is 5.92 Å². The Balaban J connectivity index is 2.15. The first kappa shape index (κ1) is 11.0. The first-order chi connectivity index (χ1) is 6.68. The van der Waals surface area contributed by atoms with Gasteiger partial charge in [-0.25, -0.2) is 4.98 Å². The van der Waals surface area contributed by atoms with Gasteiger partial charge in [0.2, 0.25) is 5.91 Å². The van der Waals surface area contributed by atoms with Crippen molar-refractivity contribution in [2.75, 3.05) is 12.3 Å². The van der Waals surface area contributed by atoms with E-state index in [1.807, 2.05) is 0 Å². The average Bonchev–Trinajstić information content (AvgIpc) is 2.63. The molecule has 0 saturated heterocycles. The molecule has 0 unspecified atom stereocenters. The number of carbonyl (C=O) groups is 1. The van der Waals surface area contributed by atoms with E-state index in [0.717, 1.165) is 6.54 Å². The summed E-state index contributed by atoms with van der Waals surface area (Å²) in [6, 6.07) is 0. The minimum Gasteiger partial charge on any atom is -0.355 e. The van der Waals surface area contributed by atoms with E-state index in [2.05, 4.69) is 34.3 Å². The fourth-order valence-corrected chi connectivity index (χ4v) is 1.38. The number of thioether (sulfide) groups is 1. The Labute approximate surface area is 87.1 Å². The van der Waals surface area contributed by atoms with Crippen molar-refractivity contribution in [1.29, 1.82) is 0 Å². The Morgan fingerprint density at radius 3 is 3.07 bits per heavy atom. The van der Waals surface area contributed by atoms with Crippen LogP contribution in [0.3, 0.4) is 0 Å². The zero-order valence-electron chi connectivity index (χ0n) is 8.28. The van der Waals surface area contributed by atoms with Crippen LogP contribution >= 0.6 is 11.8 Å². The number of aromatic amines is 1. The van der Waals surface area contributed by atoms with Crippen LogP contribution < -0.4 is 5.32 Å². The normalized spacial score (nSPS) is 10.5. The molecule has 6 heteroatoms. The molecular formula is C8H14N4OS. The maximum Gasteiger partial charge on any atom is 0.230 e. The van der Waals surface area contributed by atoms with Crippen LogP contribution in [0.15, 0.2) is 11.5 Å². The molecule has 0 aromatic carbocycles. The summed E-state index contributed by atoms with van der Waals surface area (Å²) in [6.45, 7) is 4.84. The summed E-state index contributed by atoms with van der Waals surface area (Å²) < 4.78 is 0. The molecule has 0 radical (unpaired) electrons. The maximum absolute atomic E-state index is 11.2. The van der Waals surface area contributed by atoms with Crippen molar-refractivity contribution in [2.45, 2.75) is 19.0 Å². The number of nitrogens with zero attached hydrogens (tertiary/aromatic N) is 2. The van der Waals surface area contributed by atoms with Crippen LogP contribution in [-0.4, -0.2) is 33.4 Å². The van der Waals surface area contributed by atoms with Crippen molar-refractivity contribution in [3.05, 3.63) is 6.33 Å². The van der Waals surface area contributed by atoms with Gasteiger partial charge >= 0.3 is 0 Å². The highest BCUT2D eigenvalue weighted by molar-refractivity contribution is 7.99. The minimum absolute atomic E-state index is 0.0279. The Bertz CT molecular complexity index is 273. The van der Waals surface area contributed by atoms with E-state index in [1.165, 1.54) is 18.1 Å². The molecule has 0 aliphatic heterocycles. The number of rotatable bonds is 5. The Kier molecular flexibility index (Phi) is 4.45. The Morgan fingerprint density at radius 2 is 2.50 bits per heavy atom. The lowest BCUT2D eigenvalue weighted by atomic mass is 10.2. The smallest absolute Gasteiger partial charge is 0.230 e. The zero-order chi connectivity index (χ0) is 10.4. The van der Waals surface area contributed by atoms with E-state index in [0.29, 0.717) is 16.8 Å². The molecule has 0 aliphatic rings. The van der Waals surface area contributed by atoms with Crippen molar-refractivity contribution in [3.8, 4) is 0 Å². The average molecular weight is 214 g/mol. The summed E-state index contributed by atoms with van der Waals surface area (Å²) in [6.07, 6.45) is 1.42. The number of hydrogen-bond donors (Lipinski definition) is 2. The van der Waals surface area contributed by atoms with Gasteiger partial charge in [0, 0.05) is 6.54 Å². The van der Waals surface area contributed by atoms with Gasteiger partial charge in [0.25, 0.3) is 0 Å². The lowest BCUT2D eigenvalue weighted by molar-refractivity contribution is -0.118. The van der Waals surface area contributed by atoms with Crippen LogP contribution in [-0.2, 0) is 4.79 Å². The third-order valence-electron chi connectivity index (χ3n) is 1.44. The molecule has 0 fully saturated rings. The molecule has 1 amide bonds. The number of aromatic nitrogens is 3. The predicted molar refractivity (Wildman–Crippen MR) is 55.0 cm³/mol. The lowest BCUT2D eigenvalue weighted by Crippen LogP contribution is -2.28. The van der Waals surface area contributed by atoms with Gasteiger partial charge in [0.15, 0.2) is 5.16 Å². The largest absolute Gasteiger partial charge is 0.355 e. The second-order valence-corrected chi connectivity index (χ2v) is 4.24. The Hall–Kier alpha value is -1.04. The minimum atomic E-state index is 0.0279. The summed E-state index contributed by atoms with van der Waals surface area (Å²) in [4.78, 5) is 15.1. The van der Waals surface area contributed by atoms with Gasteiger partial charge in [-0.3, -0.25) is 9.89 Å². The van der Waals surface area contributed by atoms with Crippen molar-refractivity contribution in [1.82, 2.24) is 20.5 Å². The predicted octanol–water partition coefficient (Wildman–Crippen LogP) is 0.669. The molecule has 1 heterocycles. The van der Waals surface area contributed by atoms with Gasteiger partial charge in [-0.15, -0.1) is 0 Å². The van der Waals surface area contributed by atoms with Crippen LogP contribution in [0.25, 0.3) is 0 Å². The van der Waals surface area contributed by atoms with E-state index in [9.17, 15) is 4.79 Å². The molecule has 1 rings (SSSR count). The van der Waals surface area contributed by atoms with Crippen molar-refractivity contribution < 1.29 is 4.79 Å². The molecule has 1 aromatic rings. The van der Waals surface area contributed by atoms with E-state index in [1.54, 1.807) is 0 Å². The van der Waals surface area contributed by atoms with Crippen LogP contribution in [0, 0.1) is 5.92 Å². The molecule has 14 heavy (non-hydrogen) atoms. The first-order valence-electron chi connectivity index (χ1n) is 4.43. The molecule has 0 saturated carbocycles. The molecule has 0 bridgehead atoms. The highest BCUT2D eigenvalue weighted by Crippen LogP contribution is 2.09. The van der Waals surface area contributed by atoms with Crippen LogP contribution in [0.1, 0.15) is 13.8 Å². The standard InChI is InChI=1S/C8H14N4OS/c1-6(2)3-9-7(13)4-14-8-10-5-11-12-8/h5-6H,3-4H2,1-2H3,(H,9,13)(H,10,11,12). The van der Waals surface area contributed by atoms with Crippen molar-refractivity contribution in [2.24, 2.45) is 5.92 Å². The molecule has 5 nitrogen and oxygen atoms in total. The van der Waals surface area contributed by atoms with E-state index in [4.69, 9.17) is 0 Å². The number of hydrogen-bond acceptors (Lipinski definition) is 4. The maximum atomic E-state index is 11.2. The fraction of sp³-hybridized carbons (Fsp3) is 0.625. The molecular weight excluding hydrogens is 200 g/mol. The van der Waals surface area contributed by atoms with Crippen LogP contribution in [0.2, 0.25) is 0 Å². The molecule has 0 aliphatic carbocycles. The number of carbonyl (C=O) groups excluding carboxylic acids is 1. The fourth-order valence-electron chi connectivity index (χ4n) is 0.767. The number of H-pyrrole nitrogens is 1. The number of amides is 1. The lowest BCUT2D eigenvalue weighted by Gasteiger charge is -2.06. The third kappa shape index (κ3) is 4.27. The molecule has 78 valence electrons. The second-order valence-electron chi connectivity index (χ2n) is 3.28. The summed E-state index contributed by atoms with van der Waals surface area (Å²) in [5.74, 6) is 0.886. The van der Waals surface area contributed by atoms with Crippen LogP contribution in [0.4, 0.5) is 0 Å². The molecule has 0 atom stereocenters. The van der Waals surface area contributed by atoms with Crippen LogP contribution in [0.5, 0.6) is 0 Å². The van der Waals surface area contributed by atoms with E-state index >= 15 is 0 Å². The topological polar surface area (TPSA) is 70.7 Å². The third-order valence-corrected chi connectivity index (χ3v) is 2.32. The van der Waals surface area contributed by atoms with Gasteiger partial charge in [-0.1, -0.05) is 25.6 Å². The summed E-state index contributed by atoms with van der Waals surface area (Å²) in [5.41, 5.74) is 0. The highest BCUT2D eigenvalue weighted by Gasteiger charge is 2.04. The summed E-state index contributed by atoms with van der Waals surface area (Å²) in [7, 11) is 0. The number of nitrogens with one attached hydrogen (secondary N) is 2. The van der Waals surface area contributed by atoms with Gasteiger partial charge < -0.3 is 5.32 Å². The van der Waals surface area contributed by atoms with Gasteiger partial charge in [-0.2, -0.15) is 5.10 Å². The highest BCUT2D eigenvalue weighted by atomic mass is 32.2. The summed E-state index contributed by atoms with van der Waals surface area (Å²) >= 11 is 1.35. The van der Waals surface area contributed by atoms with E-state index < -0.39 is 0 Å². The first-order valence-corrected chi connectivity index (χ1v) is 5.42.